The lowest BCUT2D eigenvalue weighted by molar-refractivity contribution is 0.0963. The number of aromatic nitrogens is 3. The summed E-state index contributed by atoms with van der Waals surface area (Å²) in [6.45, 7) is 0. The van der Waals surface area contributed by atoms with Gasteiger partial charge < -0.3 is 10.3 Å². The normalized spacial score (nSPS) is 10.6. The Labute approximate surface area is 109 Å². The van der Waals surface area contributed by atoms with E-state index in [1.807, 2.05) is 24.3 Å². The summed E-state index contributed by atoms with van der Waals surface area (Å²) in [5, 5.41) is 2.60. The Morgan fingerprint density at radius 1 is 1.26 bits per heavy atom. The zero-order chi connectivity index (χ0) is 13.2. The van der Waals surface area contributed by atoms with Gasteiger partial charge in [0.05, 0.1) is 11.0 Å². The molecule has 0 atom stereocenters. The molecule has 3 rings (SSSR count). The summed E-state index contributed by atoms with van der Waals surface area (Å²) in [6, 6.07) is 11.0. The van der Waals surface area contributed by atoms with E-state index < -0.39 is 0 Å². The van der Waals surface area contributed by atoms with E-state index >= 15 is 0 Å². The Morgan fingerprint density at radius 3 is 2.89 bits per heavy atom. The van der Waals surface area contributed by atoms with Gasteiger partial charge in [0.25, 0.3) is 5.91 Å². The lowest BCUT2D eigenvalue weighted by Crippen LogP contribution is -2.17. The fourth-order valence-corrected chi connectivity index (χ4v) is 1.92. The van der Waals surface area contributed by atoms with Gasteiger partial charge in [-0.05, 0) is 30.3 Å². The van der Waals surface area contributed by atoms with E-state index in [1.54, 1.807) is 25.4 Å². The highest BCUT2D eigenvalue weighted by molar-refractivity contribution is 5.97. The molecule has 0 aliphatic heterocycles. The maximum Gasteiger partial charge on any atom is 0.251 e. The van der Waals surface area contributed by atoms with Crippen LogP contribution < -0.4 is 5.32 Å². The van der Waals surface area contributed by atoms with Crippen LogP contribution >= 0.6 is 0 Å². The van der Waals surface area contributed by atoms with Gasteiger partial charge in [-0.25, -0.2) is 4.98 Å². The van der Waals surface area contributed by atoms with Crippen LogP contribution in [-0.4, -0.2) is 27.9 Å². The number of rotatable bonds is 2. The molecule has 0 bridgehead atoms. The van der Waals surface area contributed by atoms with Crippen molar-refractivity contribution >= 4 is 16.9 Å². The van der Waals surface area contributed by atoms with Gasteiger partial charge in [-0.3, -0.25) is 9.78 Å². The highest BCUT2D eigenvalue weighted by Crippen LogP contribution is 2.19. The van der Waals surface area contributed by atoms with Crippen LogP contribution in [0.1, 0.15) is 10.4 Å². The quantitative estimate of drug-likeness (QED) is 0.732. The molecule has 5 nitrogen and oxygen atoms in total. The lowest BCUT2D eigenvalue weighted by atomic mass is 10.2. The smallest absolute Gasteiger partial charge is 0.251 e. The van der Waals surface area contributed by atoms with Crippen molar-refractivity contribution in [1.82, 2.24) is 20.3 Å². The number of nitrogens with zero attached hydrogens (tertiary/aromatic N) is 2. The number of hydrogen-bond acceptors (Lipinski definition) is 3. The van der Waals surface area contributed by atoms with Gasteiger partial charge >= 0.3 is 0 Å². The lowest BCUT2D eigenvalue weighted by Gasteiger charge is -1.98. The molecule has 0 radical (unpaired) electrons. The molecular formula is C14H12N4O. The zero-order valence-electron chi connectivity index (χ0n) is 10.3. The number of fused-ring (bicyclic) bond motifs is 1. The number of benzene rings is 1. The second-order valence-electron chi connectivity index (χ2n) is 4.11. The van der Waals surface area contributed by atoms with Crippen molar-refractivity contribution in [2.45, 2.75) is 0 Å². The maximum absolute atomic E-state index is 11.6. The fraction of sp³-hybridized carbons (Fsp3) is 0.0714. The molecule has 94 valence electrons. The molecule has 3 aromatic rings. The average Bonchev–Trinajstić information content (AvgIpc) is 2.90. The van der Waals surface area contributed by atoms with Crippen LogP contribution in [0.4, 0.5) is 0 Å². The van der Waals surface area contributed by atoms with Crippen molar-refractivity contribution in [2.75, 3.05) is 7.05 Å². The summed E-state index contributed by atoms with van der Waals surface area (Å²) >= 11 is 0. The van der Waals surface area contributed by atoms with E-state index in [4.69, 9.17) is 0 Å². The van der Waals surface area contributed by atoms with E-state index in [1.165, 1.54) is 0 Å². The van der Waals surface area contributed by atoms with Gasteiger partial charge in [0.15, 0.2) is 5.82 Å². The van der Waals surface area contributed by atoms with Crippen LogP contribution in [0, 0.1) is 0 Å². The van der Waals surface area contributed by atoms with Crippen LogP contribution in [0.25, 0.3) is 22.6 Å². The molecule has 1 amide bonds. The summed E-state index contributed by atoms with van der Waals surface area (Å²) in [5.74, 6) is 0.584. The highest BCUT2D eigenvalue weighted by atomic mass is 16.1. The average molecular weight is 252 g/mol. The highest BCUT2D eigenvalue weighted by Gasteiger charge is 2.09. The standard InChI is InChI=1S/C14H12N4O/c1-15-14(19)9-5-6-10-12(8-9)18-13(17-10)11-4-2-3-7-16-11/h2-8H,1H3,(H,15,19)(H,17,18). The van der Waals surface area contributed by atoms with Crippen LogP contribution in [0.3, 0.4) is 0 Å². The van der Waals surface area contributed by atoms with Gasteiger partial charge in [0, 0.05) is 18.8 Å². The van der Waals surface area contributed by atoms with E-state index in [2.05, 4.69) is 20.3 Å². The third-order valence-corrected chi connectivity index (χ3v) is 2.88. The Kier molecular flexibility index (Phi) is 2.72. The van der Waals surface area contributed by atoms with Crippen molar-refractivity contribution in [2.24, 2.45) is 0 Å². The first-order valence-corrected chi connectivity index (χ1v) is 5.91. The second-order valence-corrected chi connectivity index (χ2v) is 4.11. The molecular weight excluding hydrogens is 240 g/mol. The molecule has 5 heteroatoms. The monoisotopic (exact) mass is 252 g/mol. The molecule has 1 aromatic carbocycles. The molecule has 0 aliphatic rings. The Hall–Kier alpha value is -2.69. The predicted molar refractivity (Wildman–Crippen MR) is 72.7 cm³/mol. The van der Waals surface area contributed by atoms with Gasteiger partial charge in [0.2, 0.25) is 0 Å². The molecule has 2 aromatic heterocycles. The largest absolute Gasteiger partial charge is 0.355 e. The second kappa shape index (κ2) is 4.53. The zero-order valence-corrected chi connectivity index (χ0v) is 10.3. The molecule has 2 heterocycles. The third kappa shape index (κ3) is 2.06. The molecule has 19 heavy (non-hydrogen) atoms. The number of amides is 1. The van der Waals surface area contributed by atoms with Gasteiger partial charge in [-0.1, -0.05) is 6.07 Å². The predicted octanol–water partition coefficient (Wildman–Crippen LogP) is 1.98. The number of aromatic amines is 1. The molecule has 0 aliphatic carbocycles. The fourth-order valence-electron chi connectivity index (χ4n) is 1.92. The van der Waals surface area contributed by atoms with E-state index in [9.17, 15) is 4.79 Å². The van der Waals surface area contributed by atoms with Gasteiger partial charge in [0.1, 0.15) is 5.69 Å². The van der Waals surface area contributed by atoms with Crippen molar-refractivity contribution in [3.05, 3.63) is 48.2 Å². The number of hydrogen-bond donors (Lipinski definition) is 2. The van der Waals surface area contributed by atoms with Gasteiger partial charge in [-0.2, -0.15) is 0 Å². The number of pyridine rings is 1. The number of carbonyl (C=O) groups excluding carboxylic acids is 1. The number of nitrogens with one attached hydrogen (secondary N) is 2. The number of H-pyrrole nitrogens is 1. The first kappa shape index (κ1) is 11.4. The molecule has 0 unspecified atom stereocenters. The molecule has 0 saturated carbocycles. The Morgan fingerprint density at radius 2 is 2.16 bits per heavy atom. The van der Waals surface area contributed by atoms with E-state index in [-0.39, 0.29) is 5.91 Å². The van der Waals surface area contributed by atoms with Crippen LogP contribution in [0.15, 0.2) is 42.6 Å². The van der Waals surface area contributed by atoms with Crippen LogP contribution in [0.2, 0.25) is 0 Å². The van der Waals surface area contributed by atoms with Crippen LogP contribution in [0.5, 0.6) is 0 Å². The minimum atomic E-state index is -0.115. The first-order chi connectivity index (χ1) is 9.28. The van der Waals surface area contributed by atoms with Crippen molar-refractivity contribution in [1.29, 1.82) is 0 Å². The molecule has 0 saturated heterocycles. The summed E-state index contributed by atoms with van der Waals surface area (Å²) < 4.78 is 0. The van der Waals surface area contributed by atoms with Crippen molar-refractivity contribution in [3.8, 4) is 11.5 Å². The topological polar surface area (TPSA) is 70.7 Å². The summed E-state index contributed by atoms with van der Waals surface area (Å²) in [4.78, 5) is 23.5. The minimum Gasteiger partial charge on any atom is -0.355 e. The SMILES string of the molecule is CNC(=O)c1ccc2nc(-c3ccccn3)[nH]c2c1. The maximum atomic E-state index is 11.6. The summed E-state index contributed by atoms with van der Waals surface area (Å²) in [5.41, 5.74) is 3.02. The summed E-state index contributed by atoms with van der Waals surface area (Å²) in [7, 11) is 1.61. The van der Waals surface area contributed by atoms with Crippen molar-refractivity contribution < 1.29 is 4.79 Å². The van der Waals surface area contributed by atoms with Gasteiger partial charge in [-0.15, -0.1) is 0 Å². The number of carbonyl (C=O) groups is 1. The molecule has 0 fully saturated rings. The van der Waals surface area contributed by atoms with Crippen molar-refractivity contribution in [3.63, 3.8) is 0 Å². The first-order valence-electron chi connectivity index (χ1n) is 5.91. The summed E-state index contributed by atoms with van der Waals surface area (Å²) in [6.07, 6.45) is 1.72. The van der Waals surface area contributed by atoms with Crippen LogP contribution in [-0.2, 0) is 0 Å². The van der Waals surface area contributed by atoms with E-state index in [0.29, 0.717) is 11.4 Å². The Bertz CT molecular complexity index is 734. The molecule has 2 N–H and O–H groups in total. The Balaban J connectivity index is 2.09. The molecule has 0 spiro atoms. The third-order valence-electron chi connectivity index (χ3n) is 2.88. The number of imidazole rings is 1. The van der Waals surface area contributed by atoms with E-state index in [0.717, 1.165) is 16.7 Å². The minimum absolute atomic E-state index is 0.115.